The molecule has 2 rings (SSSR count). The van der Waals surface area contributed by atoms with Gasteiger partial charge in [-0.2, -0.15) is 13.2 Å². The van der Waals surface area contributed by atoms with Crippen LogP contribution in [0.3, 0.4) is 0 Å². The number of hydrogen-bond donors (Lipinski definition) is 2. The smallest absolute Gasteiger partial charge is 0.388 e. The Morgan fingerprint density at radius 3 is 2.40 bits per heavy atom. The predicted molar refractivity (Wildman–Crippen MR) is 70.7 cm³/mol. The fourth-order valence-electron chi connectivity index (χ4n) is 2.32. The third-order valence-electron chi connectivity index (χ3n) is 3.73. The van der Waals surface area contributed by atoms with Gasteiger partial charge in [-0.05, 0) is 44.4 Å². The highest BCUT2D eigenvalue weighted by atomic mass is 19.4. The zero-order chi connectivity index (χ0) is 15.0. The Bertz CT molecular complexity index is 522. The Balaban J connectivity index is 2.26. The number of alkyl halides is 3. The maximum absolute atomic E-state index is 12.9. The summed E-state index contributed by atoms with van der Waals surface area (Å²) in [5, 5.41) is 5.29. The van der Waals surface area contributed by atoms with Crippen LogP contribution in [0.2, 0.25) is 0 Å². The molecule has 6 heteroatoms. The molecule has 0 saturated heterocycles. The van der Waals surface area contributed by atoms with Gasteiger partial charge < -0.3 is 10.6 Å². The number of hydrogen-bond acceptors (Lipinski definition) is 2. The fraction of sp³-hybridized carbons (Fsp3) is 0.500. The van der Waals surface area contributed by atoms with Gasteiger partial charge in [0, 0.05) is 23.8 Å². The summed E-state index contributed by atoms with van der Waals surface area (Å²) in [5.74, 6) is -0.458. The number of anilines is 1. The van der Waals surface area contributed by atoms with E-state index in [4.69, 9.17) is 0 Å². The second-order valence-electron chi connectivity index (χ2n) is 5.38. The lowest BCUT2D eigenvalue weighted by Gasteiger charge is -2.39. The summed E-state index contributed by atoms with van der Waals surface area (Å²) >= 11 is 0. The number of amides is 1. The first-order chi connectivity index (χ1) is 9.25. The number of benzene rings is 1. The van der Waals surface area contributed by atoms with Crippen LogP contribution in [0.1, 0.15) is 42.1 Å². The van der Waals surface area contributed by atoms with Crippen LogP contribution in [-0.4, -0.2) is 18.5 Å². The van der Waals surface area contributed by atoms with Gasteiger partial charge >= 0.3 is 6.18 Å². The second kappa shape index (κ2) is 5.00. The van der Waals surface area contributed by atoms with Crippen LogP contribution in [0.4, 0.5) is 18.9 Å². The molecule has 0 aromatic heterocycles. The largest absolute Gasteiger partial charge is 0.418 e. The van der Waals surface area contributed by atoms with Crippen molar-refractivity contribution in [3.05, 3.63) is 29.3 Å². The van der Waals surface area contributed by atoms with E-state index in [0.717, 1.165) is 25.3 Å². The molecule has 1 aromatic carbocycles. The van der Waals surface area contributed by atoms with Crippen molar-refractivity contribution >= 4 is 11.6 Å². The van der Waals surface area contributed by atoms with Gasteiger partial charge in [-0.25, -0.2) is 0 Å². The highest BCUT2D eigenvalue weighted by Crippen LogP contribution is 2.36. The molecule has 0 spiro atoms. The molecule has 0 radical (unpaired) electrons. The predicted octanol–water partition coefficient (Wildman–Crippen LogP) is 3.42. The molecule has 1 aliphatic carbocycles. The minimum Gasteiger partial charge on any atom is -0.388 e. The Kier molecular flexibility index (Phi) is 3.67. The summed E-state index contributed by atoms with van der Waals surface area (Å²) in [6.45, 7) is 1.90. The summed E-state index contributed by atoms with van der Waals surface area (Å²) in [7, 11) is 1.42. The summed E-state index contributed by atoms with van der Waals surface area (Å²) in [5.41, 5.74) is -1.11. The maximum atomic E-state index is 12.9. The average molecular weight is 286 g/mol. The quantitative estimate of drug-likeness (QED) is 0.894. The van der Waals surface area contributed by atoms with E-state index in [2.05, 4.69) is 10.6 Å². The van der Waals surface area contributed by atoms with Crippen LogP contribution >= 0.6 is 0 Å². The van der Waals surface area contributed by atoms with Gasteiger partial charge in [0.2, 0.25) is 0 Å². The normalized spacial score (nSPS) is 17.2. The number of halogens is 3. The van der Waals surface area contributed by atoms with E-state index in [-0.39, 0.29) is 16.8 Å². The molecule has 1 saturated carbocycles. The van der Waals surface area contributed by atoms with E-state index in [1.54, 1.807) is 0 Å². The number of rotatable bonds is 3. The van der Waals surface area contributed by atoms with Gasteiger partial charge in [-0.1, -0.05) is 0 Å². The van der Waals surface area contributed by atoms with Crippen LogP contribution in [0.5, 0.6) is 0 Å². The highest BCUT2D eigenvalue weighted by Gasteiger charge is 2.36. The van der Waals surface area contributed by atoms with Crippen molar-refractivity contribution in [3.63, 3.8) is 0 Å². The number of nitrogens with one attached hydrogen (secondary N) is 2. The lowest BCUT2D eigenvalue weighted by atomic mass is 9.78. The minimum atomic E-state index is -4.49. The van der Waals surface area contributed by atoms with Crippen molar-refractivity contribution in [1.29, 1.82) is 0 Å². The Morgan fingerprint density at radius 2 is 1.95 bits per heavy atom. The summed E-state index contributed by atoms with van der Waals surface area (Å²) in [4.78, 5) is 12.0. The summed E-state index contributed by atoms with van der Waals surface area (Å²) in [6, 6.07) is 3.57. The van der Waals surface area contributed by atoms with Crippen LogP contribution in [0, 0.1) is 0 Å². The van der Waals surface area contributed by atoms with E-state index in [0.29, 0.717) is 0 Å². The van der Waals surface area contributed by atoms with E-state index in [9.17, 15) is 18.0 Å². The zero-order valence-electron chi connectivity index (χ0n) is 11.4. The Morgan fingerprint density at radius 1 is 1.30 bits per heavy atom. The lowest BCUT2D eigenvalue weighted by Crippen LogP contribution is -2.50. The first-order valence-electron chi connectivity index (χ1n) is 6.47. The highest BCUT2D eigenvalue weighted by molar-refractivity contribution is 5.95. The van der Waals surface area contributed by atoms with Gasteiger partial charge in [0.15, 0.2) is 0 Å². The molecule has 2 N–H and O–H groups in total. The molecule has 110 valence electrons. The van der Waals surface area contributed by atoms with Gasteiger partial charge in [-0.15, -0.1) is 0 Å². The van der Waals surface area contributed by atoms with Crippen molar-refractivity contribution < 1.29 is 18.0 Å². The van der Waals surface area contributed by atoms with E-state index in [1.165, 1.54) is 19.2 Å². The summed E-state index contributed by atoms with van der Waals surface area (Å²) < 4.78 is 38.8. The zero-order valence-corrected chi connectivity index (χ0v) is 11.4. The third kappa shape index (κ3) is 2.89. The van der Waals surface area contributed by atoms with Gasteiger partial charge in [0.1, 0.15) is 0 Å². The maximum Gasteiger partial charge on any atom is 0.418 e. The van der Waals surface area contributed by atoms with Crippen LogP contribution < -0.4 is 10.6 Å². The topological polar surface area (TPSA) is 41.1 Å². The fourth-order valence-corrected chi connectivity index (χ4v) is 2.32. The van der Waals surface area contributed by atoms with E-state index >= 15 is 0 Å². The molecule has 1 amide bonds. The third-order valence-corrected chi connectivity index (χ3v) is 3.73. The van der Waals surface area contributed by atoms with Crippen molar-refractivity contribution in [2.45, 2.75) is 37.9 Å². The van der Waals surface area contributed by atoms with Gasteiger partial charge in [-0.3, -0.25) is 4.79 Å². The summed E-state index contributed by atoms with van der Waals surface area (Å²) in [6.07, 6.45) is -1.74. The molecule has 1 fully saturated rings. The molecule has 0 atom stereocenters. The molecule has 1 aliphatic rings. The van der Waals surface area contributed by atoms with E-state index in [1.807, 2.05) is 6.92 Å². The van der Waals surface area contributed by atoms with E-state index < -0.39 is 17.6 Å². The Hall–Kier alpha value is -1.72. The Labute approximate surface area is 115 Å². The monoisotopic (exact) mass is 286 g/mol. The van der Waals surface area contributed by atoms with Gasteiger partial charge in [0.05, 0.1) is 5.56 Å². The molecular formula is C14H17F3N2O. The molecule has 0 aliphatic heterocycles. The first kappa shape index (κ1) is 14.7. The number of carbonyl (C=O) groups excluding carboxylic acids is 1. The molecule has 0 heterocycles. The van der Waals surface area contributed by atoms with Gasteiger partial charge in [0.25, 0.3) is 5.91 Å². The van der Waals surface area contributed by atoms with Crippen molar-refractivity contribution in [2.75, 3.05) is 12.4 Å². The van der Waals surface area contributed by atoms with Crippen LogP contribution in [0.15, 0.2) is 18.2 Å². The average Bonchev–Trinajstić information content (AvgIpc) is 2.35. The standard InChI is InChI=1S/C14H17F3N2O/c1-13(6-3-7-13)19-12(20)9-4-5-11(18-2)10(8-9)14(15,16)17/h4-5,8,18H,3,6-7H2,1-2H3,(H,19,20). The molecule has 3 nitrogen and oxygen atoms in total. The van der Waals surface area contributed by atoms with Crippen molar-refractivity contribution in [1.82, 2.24) is 5.32 Å². The van der Waals surface area contributed by atoms with Crippen molar-refractivity contribution in [3.8, 4) is 0 Å². The van der Waals surface area contributed by atoms with Crippen molar-refractivity contribution in [2.24, 2.45) is 0 Å². The second-order valence-corrected chi connectivity index (χ2v) is 5.38. The molecular weight excluding hydrogens is 269 g/mol. The molecule has 1 aromatic rings. The molecule has 0 unspecified atom stereocenters. The van der Waals surface area contributed by atoms with Crippen LogP contribution in [-0.2, 0) is 6.18 Å². The number of carbonyl (C=O) groups is 1. The molecule has 0 bridgehead atoms. The SMILES string of the molecule is CNc1ccc(C(=O)NC2(C)CCC2)cc1C(F)(F)F. The lowest BCUT2D eigenvalue weighted by molar-refractivity contribution is -0.136. The molecule has 20 heavy (non-hydrogen) atoms. The minimum absolute atomic E-state index is 0.0319. The van der Waals surface area contributed by atoms with Crippen LogP contribution in [0.25, 0.3) is 0 Å². The first-order valence-corrected chi connectivity index (χ1v) is 6.47.